The van der Waals surface area contributed by atoms with E-state index in [2.05, 4.69) is 40.5 Å². The van der Waals surface area contributed by atoms with E-state index in [1.165, 1.54) is 32.2 Å². The van der Waals surface area contributed by atoms with Gasteiger partial charge >= 0.3 is 0 Å². The third-order valence-corrected chi connectivity index (χ3v) is 4.79. The first-order chi connectivity index (χ1) is 9.63. The molecule has 0 aliphatic carbocycles. The highest BCUT2D eigenvalue weighted by Gasteiger charge is 2.31. The van der Waals surface area contributed by atoms with Crippen LogP contribution in [0.3, 0.4) is 0 Å². The van der Waals surface area contributed by atoms with Crippen molar-refractivity contribution in [1.82, 2.24) is 14.9 Å². The second-order valence-corrected chi connectivity index (χ2v) is 6.40. The molecule has 0 radical (unpaired) electrons. The van der Waals surface area contributed by atoms with Crippen LogP contribution in [0.1, 0.15) is 44.0 Å². The van der Waals surface area contributed by atoms with E-state index in [9.17, 15) is 0 Å². The maximum Gasteiger partial charge on any atom is 0.225 e. The van der Waals surface area contributed by atoms with Gasteiger partial charge in [0.15, 0.2) is 0 Å². The van der Waals surface area contributed by atoms with Crippen molar-refractivity contribution >= 4 is 5.95 Å². The Morgan fingerprint density at radius 1 is 1.00 bits per heavy atom. The number of rotatable bonds is 2. The van der Waals surface area contributed by atoms with Crippen molar-refractivity contribution in [3.63, 3.8) is 0 Å². The van der Waals surface area contributed by atoms with Crippen LogP contribution < -0.4 is 4.90 Å². The zero-order chi connectivity index (χ0) is 14.1. The van der Waals surface area contributed by atoms with Gasteiger partial charge in [0.25, 0.3) is 0 Å². The third kappa shape index (κ3) is 2.80. The number of hydrogen-bond donors (Lipinski definition) is 0. The number of aryl methyl sites for hydroxylation is 2. The Morgan fingerprint density at radius 2 is 1.65 bits per heavy atom. The largest absolute Gasteiger partial charge is 0.341 e. The smallest absolute Gasteiger partial charge is 0.225 e. The molecule has 1 aromatic heterocycles. The summed E-state index contributed by atoms with van der Waals surface area (Å²) >= 11 is 0. The summed E-state index contributed by atoms with van der Waals surface area (Å²) in [5.74, 6) is 0.926. The quantitative estimate of drug-likeness (QED) is 0.829. The molecular formula is C16H26N4. The molecule has 1 unspecified atom stereocenters. The Labute approximate surface area is 122 Å². The van der Waals surface area contributed by atoms with Gasteiger partial charge in [-0.25, -0.2) is 9.97 Å². The number of aromatic nitrogens is 2. The lowest BCUT2D eigenvalue weighted by Gasteiger charge is -2.38. The molecule has 1 aromatic rings. The van der Waals surface area contributed by atoms with Crippen LogP contribution in [0.15, 0.2) is 6.07 Å². The van der Waals surface area contributed by atoms with Crippen molar-refractivity contribution in [2.24, 2.45) is 0 Å². The first-order valence-corrected chi connectivity index (χ1v) is 7.96. The first-order valence-electron chi connectivity index (χ1n) is 7.96. The van der Waals surface area contributed by atoms with E-state index in [4.69, 9.17) is 0 Å². The van der Waals surface area contributed by atoms with Gasteiger partial charge in [-0.1, -0.05) is 0 Å². The Balaban J connectivity index is 1.63. The number of anilines is 1. The summed E-state index contributed by atoms with van der Waals surface area (Å²) in [5.41, 5.74) is 2.14. The van der Waals surface area contributed by atoms with Crippen molar-refractivity contribution in [2.45, 2.75) is 58.5 Å². The molecule has 0 N–H and O–H groups in total. The Bertz CT molecular complexity index is 445. The predicted octanol–water partition coefficient (Wildman–Crippen LogP) is 2.55. The minimum atomic E-state index is 0.773. The average Bonchev–Trinajstić information content (AvgIpc) is 2.84. The van der Waals surface area contributed by atoms with E-state index in [1.807, 2.05) is 6.07 Å². The molecule has 1 atom stereocenters. The van der Waals surface area contributed by atoms with E-state index in [0.29, 0.717) is 0 Å². The predicted molar refractivity (Wildman–Crippen MR) is 82.1 cm³/mol. The summed E-state index contributed by atoms with van der Waals surface area (Å²) in [5, 5.41) is 0. The van der Waals surface area contributed by atoms with Gasteiger partial charge in [0, 0.05) is 36.6 Å². The third-order valence-electron chi connectivity index (χ3n) is 4.79. The van der Waals surface area contributed by atoms with Crippen molar-refractivity contribution < 1.29 is 0 Å². The van der Waals surface area contributed by atoms with Gasteiger partial charge in [0.1, 0.15) is 0 Å². The van der Waals surface area contributed by atoms with Crippen molar-refractivity contribution in [3.8, 4) is 0 Å². The molecule has 20 heavy (non-hydrogen) atoms. The summed E-state index contributed by atoms with van der Waals surface area (Å²) in [6.45, 7) is 9.97. The standard InChI is InChI=1S/C16H26N4/c1-12-11-13(2)18-16(17-12)19-9-6-15(7-10-19)20-8-4-5-14(20)3/h11,14-15H,4-10H2,1-3H3. The first kappa shape index (κ1) is 13.8. The van der Waals surface area contributed by atoms with Gasteiger partial charge < -0.3 is 4.90 Å². The molecule has 2 aliphatic rings. The van der Waals surface area contributed by atoms with Crippen LogP contribution in [0.5, 0.6) is 0 Å². The molecule has 4 heteroatoms. The normalized spacial score (nSPS) is 25.4. The van der Waals surface area contributed by atoms with E-state index >= 15 is 0 Å². The van der Waals surface area contributed by atoms with Gasteiger partial charge in [0.05, 0.1) is 0 Å². The van der Waals surface area contributed by atoms with Crippen LogP contribution in [-0.2, 0) is 0 Å². The number of nitrogens with zero attached hydrogens (tertiary/aromatic N) is 4. The molecule has 0 spiro atoms. The molecule has 4 nitrogen and oxygen atoms in total. The second-order valence-electron chi connectivity index (χ2n) is 6.40. The number of piperidine rings is 1. The molecule has 3 heterocycles. The van der Waals surface area contributed by atoms with Gasteiger partial charge in [-0.05, 0) is 59.1 Å². The Hall–Kier alpha value is -1.16. The minimum absolute atomic E-state index is 0.773. The summed E-state index contributed by atoms with van der Waals surface area (Å²) in [7, 11) is 0. The summed E-state index contributed by atoms with van der Waals surface area (Å²) in [4.78, 5) is 14.3. The molecular weight excluding hydrogens is 248 g/mol. The lowest BCUT2D eigenvalue weighted by molar-refractivity contribution is 0.163. The Kier molecular flexibility index (Phi) is 3.92. The maximum atomic E-state index is 4.60. The fourth-order valence-electron chi connectivity index (χ4n) is 3.74. The molecule has 0 aromatic carbocycles. The second kappa shape index (κ2) is 5.68. The van der Waals surface area contributed by atoms with E-state index in [-0.39, 0.29) is 0 Å². The topological polar surface area (TPSA) is 32.3 Å². The van der Waals surface area contributed by atoms with E-state index in [1.54, 1.807) is 0 Å². The van der Waals surface area contributed by atoms with Crippen LogP contribution in [0.25, 0.3) is 0 Å². The summed E-state index contributed by atoms with van der Waals surface area (Å²) in [6.07, 6.45) is 5.25. The molecule has 2 saturated heterocycles. The molecule has 110 valence electrons. The van der Waals surface area contributed by atoms with E-state index < -0.39 is 0 Å². The summed E-state index contributed by atoms with van der Waals surface area (Å²) < 4.78 is 0. The lowest BCUT2D eigenvalue weighted by Crippen LogP contribution is -2.46. The fourth-order valence-corrected chi connectivity index (χ4v) is 3.74. The number of likely N-dealkylation sites (tertiary alicyclic amines) is 1. The fraction of sp³-hybridized carbons (Fsp3) is 0.750. The van der Waals surface area contributed by atoms with Crippen LogP contribution in [-0.4, -0.2) is 46.6 Å². The van der Waals surface area contributed by atoms with Crippen LogP contribution in [0.4, 0.5) is 5.95 Å². The van der Waals surface area contributed by atoms with Gasteiger partial charge in [0.2, 0.25) is 5.95 Å². The van der Waals surface area contributed by atoms with Crippen LogP contribution >= 0.6 is 0 Å². The maximum absolute atomic E-state index is 4.60. The summed E-state index contributed by atoms with van der Waals surface area (Å²) in [6, 6.07) is 3.60. The van der Waals surface area contributed by atoms with Gasteiger partial charge in [-0.15, -0.1) is 0 Å². The van der Waals surface area contributed by atoms with Crippen LogP contribution in [0.2, 0.25) is 0 Å². The SMILES string of the molecule is Cc1cc(C)nc(N2CCC(N3CCCC3C)CC2)n1. The van der Waals surface area contributed by atoms with Crippen molar-refractivity contribution in [3.05, 3.63) is 17.5 Å². The highest BCUT2D eigenvalue weighted by Crippen LogP contribution is 2.26. The molecule has 0 saturated carbocycles. The average molecular weight is 274 g/mol. The van der Waals surface area contributed by atoms with Crippen molar-refractivity contribution in [2.75, 3.05) is 24.5 Å². The molecule has 0 amide bonds. The van der Waals surface area contributed by atoms with Crippen molar-refractivity contribution in [1.29, 1.82) is 0 Å². The van der Waals surface area contributed by atoms with Gasteiger partial charge in [-0.2, -0.15) is 0 Å². The zero-order valence-corrected chi connectivity index (χ0v) is 13.0. The molecule has 3 rings (SSSR count). The molecule has 2 fully saturated rings. The molecule has 0 bridgehead atoms. The lowest BCUT2D eigenvalue weighted by atomic mass is 10.0. The Morgan fingerprint density at radius 3 is 2.20 bits per heavy atom. The highest BCUT2D eigenvalue weighted by molar-refractivity contribution is 5.32. The molecule has 2 aliphatic heterocycles. The van der Waals surface area contributed by atoms with E-state index in [0.717, 1.165) is 42.5 Å². The number of hydrogen-bond acceptors (Lipinski definition) is 4. The minimum Gasteiger partial charge on any atom is -0.341 e. The van der Waals surface area contributed by atoms with Crippen LogP contribution in [0, 0.1) is 13.8 Å². The van der Waals surface area contributed by atoms with Gasteiger partial charge in [-0.3, -0.25) is 4.90 Å². The monoisotopic (exact) mass is 274 g/mol. The highest BCUT2D eigenvalue weighted by atomic mass is 15.3. The zero-order valence-electron chi connectivity index (χ0n) is 13.0.